The number of ether oxygens (including phenoxy) is 1. The van der Waals surface area contributed by atoms with Gasteiger partial charge in [0.15, 0.2) is 0 Å². The predicted octanol–water partition coefficient (Wildman–Crippen LogP) is 2.64. The summed E-state index contributed by atoms with van der Waals surface area (Å²) in [4.78, 5) is 2.44. The van der Waals surface area contributed by atoms with Gasteiger partial charge in [-0.25, -0.2) is 0 Å². The van der Waals surface area contributed by atoms with Crippen LogP contribution in [-0.4, -0.2) is 38.2 Å². The van der Waals surface area contributed by atoms with Gasteiger partial charge < -0.3 is 15.0 Å². The molecule has 3 nitrogen and oxygen atoms in total. The van der Waals surface area contributed by atoms with E-state index in [0.29, 0.717) is 0 Å². The lowest BCUT2D eigenvalue weighted by Crippen LogP contribution is -2.30. The number of rotatable bonds is 7. The van der Waals surface area contributed by atoms with Gasteiger partial charge in [-0.3, -0.25) is 0 Å². The summed E-state index contributed by atoms with van der Waals surface area (Å²) >= 11 is 3.57. The third kappa shape index (κ3) is 3.97. The zero-order valence-corrected chi connectivity index (χ0v) is 12.7. The molecule has 0 heterocycles. The number of hydrogen-bond donors (Lipinski definition) is 1. The smallest absolute Gasteiger partial charge is 0.119 e. The maximum absolute atomic E-state index is 5.24. The third-order valence-corrected chi connectivity index (χ3v) is 4.15. The standard InChI is InChI=1S/C14H21BrN2O/c1-17(12-3-4-12)8-7-16-10-11-9-13(18-2)5-6-14(11)15/h5-6,9,12,16H,3-4,7-8,10H2,1-2H3. The SMILES string of the molecule is COc1ccc(Br)c(CNCCN(C)C2CC2)c1. The van der Waals surface area contributed by atoms with Crippen molar-refractivity contribution in [1.82, 2.24) is 10.2 Å². The molecule has 1 aromatic rings. The molecule has 1 saturated carbocycles. The van der Waals surface area contributed by atoms with Crippen molar-refractivity contribution in [3.63, 3.8) is 0 Å². The van der Waals surface area contributed by atoms with Crippen molar-refractivity contribution in [2.45, 2.75) is 25.4 Å². The van der Waals surface area contributed by atoms with Crippen LogP contribution in [0.1, 0.15) is 18.4 Å². The second kappa shape index (κ2) is 6.55. The monoisotopic (exact) mass is 312 g/mol. The van der Waals surface area contributed by atoms with Gasteiger partial charge in [-0.15, -0.1) is 0 Å². The van der Waals surface area contributed by atoms with Gasteiger partial charge in [0.05, 0.1) is 7.11 Å². The third-order valence-electron chi connectivity index (χ3n) is 3.38. The molecule has 1 fully saturated rings. The first-order valence-electron chi connectivity index (χ1n) is 6.44. The number of halogens is 1. The Labute approximate surface area is 118 Å². The quantitative estimate of drug-likeness (QED) is 0.783. The molecule has 1 aliphatic carbocycles. The van der Waals surface area contributed by atoms with Crippen LogP contribution < -0.4 is 10.1 Å². The largest absolute Gasteiger partial charge is 0.497 e. The molecule has 0 aliphatic heterocycles. The summed E-state index contributed by atoms with van der Waals surface area (Å²) in [5.41, 5.74) is 1.24. The van der Waals surface area contributed by atoms with E-state index in [0.717, 1.165) is 35.9 Å². The first kappa shape index (κ1) is 13.8. The fraction of sp³-hybridized carbons (Fsp3) is 0.571. The summed E-state index contributed by atoms with van der Waals surface area (Å²) < 4.78 is 6.37. The van der Waals surface area contributed by atoms with Gasteiger partial charge in [0, 0.05) is 30.1 Å². The van der Waals surface area contributed by atoms with E-state index >= 15 is 0 Å². The number of benzene rings is 1. The Morgan fingerprint density at radius 1 is 1.44 bits per heavy atom. The van der Waals surface area contributed by atoms with Crippen molar-refractivity contribution in [2.24, 2.45) is 0 Å². The summed E-state index contributed by atoms with van der Waals surface area (Å²) in [6.45, 7) is 3.01. The highest BCUT2D eigenvalue weighted by Crippen LogP contribution is 2.25. The average molecular weight is 313 g/mol. The van der Waals surface area contributed by atoms with Crippen LogP contribution in [0.4, 0.5) is 0 Å². The molecular formula is C14H21BrN2O. The number of methoxy groups -OCH3 is 1. The first-order valence-corrected chi connectivity index (χ1v) is 7.23. The molecule has 2 rings (SSSR count). The van der Waals surface area contributed by atoms with E-state index in [1.54, 1.807) is 7.11 Å². The molecule has 0 radical (unpaired) electrons. The molecule has 4 heteroatoms. The summed E-state index contributed by atoms with van der Waals surface area (Å²) in [5.74, 6) is 0.907. The van der Waals surface area contributed by atoms with Gasteiger partial charge in [-0.05, 0) is 43.7 Å². The normalized spacial score (nSPS) is 15.1. The first-order chi connectivity index (χ1) is 8.70. The highest BCUT2D eigenvalue weighted by molar-refractivity contribution is 9.10. The van der Waals surface area contributed by atoms with Crippen molar-refractivity contribution in [3.8, 4) is 5.75 Å². The lowest BCUT2D eigenvalue weighted by atomic mass is 10.2. The Kier molecular flexibility index (Phi) is 5.03. The Morgan fingerprint density at radius 2 is 2.22 bits per heavy atom. The van der Waals surface area contributed by atoms with Crippen molar-refractivity contribution in [2.75, 3.05) is 27.2 Å². The summed E-state index contributed by atoms with van der Waals surface area (Å²) in [7, 11) is 3.91. The summed E-state index contributed by atoms with van der Waals surface area (Å²) in [6.07, 6.45) is 2.75. The molecule has 0 bridgehead atoms. The van der Waals surface area contributed by atoms with Crippen molar-refractivity contribution < 1.29 is 4.74 Å². The highest BCUT2D eigenvalue weighted by Gasteiger charge is 2.25. The van der Waals surface area contributed by atoms with Crippen LogP contribution in [-0.2, 0) is 6.54 Å². The van der Waals surface area contributed by atoms with E-state index in [-0.39, 0.29) is 0 Å². The molecule has 1 N–H and O–H groups in total. The summed E-state index contributed by atoms with van der Waals surface area (Å²) in [5, 5.41) is 3.48. The van der Waals surface area contributed by atoms with Gasteiger partial charge in [-0.1, -0.05) is 15.9 Å². The van der Waals surface area contributed by atoms with Crippen LogP contribution in [0.15, 0.2) is 22.7 Å². The van der Waals surface area contributed by atoms with E-state index in [1.807, 2.05) is 12.1 Å². The molecule has 0 amide bonds. The topological polar surface area (TPSA) is 24.5 Å². The van der Waals surface area contributed by atoms with E-state index < -0.39 is 0 Å². The number of nitrogens with one attached hydrogen (secondary N) is 1. The molecule has 0 saturated heterocycles. The molecule has 1 aliphatic rings. The fourth-order valence-corrected chi connectivity index (χ4v) is 2.38. The Morgan fingerprint density at radius 3 is 2.89 bits per heavy atom. The van der Waals surface area contributed by atoms with Crippen LogP contribution in [0.2, 0.25) is 0 Å². The van der Waals surface area contributed by atoms with Crippen LogP contribution in [0.25, 0.3) is 0 Å². The molecule has 0 spiro atoms. The average Bonchev–Trinajstić information content (AvgIpc) is 3.20. The lowest BCUT2D eigenvalue weighted by molar-refractivity contribution is 0.321. The molecule has 1 aromatic carbocycles. The number of hydrogen-bond acceptors (Lipinski definition) is 3. The minimum Gasteiger partial charge on any atom is -0.497 e. The van der Waals surface area contributed by atoms with Gasteiger partial charge in [-0.2, -0.15) is 0 Å². The number of likely N-dealkylation sites (N-methyl/N-ethyl adjacent to an activating group) is 1. The molecule has 18 heavy (non-hydrogen) atoms. The van der Waals surface area contributed by atoms with Gasteiger partial charge in [0.25, 0.3) is 0 Å². The van der Waals surface area contributed by atoms with E-state index in [9.17, 15) is 0 Å². The Bertz CT molecular complexity index is 393. The zero-order valence-electron chi connectivity index (χ0n) is 11.1. The molecule has 100 valence electrons. The Balaban J connectivity index is 1.75. The van der Waals surface area contributed by atoms with Crippen molar-refractivity contribution >= 4 is 15.9 Å². The van der Waals surface area contributed by atoms with Crippen molar-refractivity contribution in [1.29, 1.82) is 0 Å². The maximum Gasteiger partial charge on any atom is 0.119 e. The van der Waals surface area contributed by atoms with Crippen LogP contribution in [0, 0.1) is 0 Å². The molecular weight excluding hydrogens is 292 g/mol. The molecule has 0 aromatic heterocycles. The highest BCUT2D eigenvalue weighted by atomic mass is 79.9. The second-order valence-corrected chi connectivity index (χ2v) is 5.70. The maximum atomic E-state index is 5.24. The van der Waals surface area contributed by atoms with E-state index in [2.05, 4.69) is 39.3 Å². The van der Waals surface area contributed by atoms with Crippen molar-refractivity contribution in [3.05, 3.63) is 28.2 Å². The minimum atomic E-state index is 0.843. The van der Waals surface area contributed by atoms with Gasteiger partial charge in [0.1, 0.15) is 5.75 Å². The molecule has 0 atom stereocenters. The van der Waals surface area contributed by atoms with Crippen LogP contribution >= 0.6 is 15.9 Å². The van der Waals surface area contributed by atoms with Gasteiger partial charge in [0.2, 0.25) is 0 Å². The predicted molar refractivity (Wildman–Crippen MR) is 78.1 cm³/mol. The van der Waals surface area contributed by atoms with E-state index in [1.165, 1.54) is 18.4 Å². The second-order valence-electron chi connectivity index (χ2n) is 4.85. The molecule has 0 unspecified atom stereocenters. The van der Waals surface area contributed by atoms with Crippen LogP contribution in [0.5, 0.6) is 5.75 Å². The van der Waals surface area contributed by atoms with Crippen LogP contribution in [0.3, 0.4) is 0 Å². The van der Waals surface area contributed by atoms with E-state index in [4.69, 9.17) is 4.74 Å². The number of nitrogens with zero attached hydrogens (tertiary/aromatic N) is 1. The van der Waals surface area contributed by atoms with Gasteiger partial charge >= 0.3 is 0 Å². The fourth-order valence-electron chi connectivity index (χ4n) is 1.99. The lowest BCUT2D eigenvalue weighted by Gasteiger charge is -2.16. The summed E-state index contributed by atoms with van der Waals surface area (Å²) in [6, 6.07) is 6.91. The minimum absolute atomic E-state index is 0.843. The zero-order chi connectivity index (χ0) is 13.0. The Hall–Kier alpha value is -0.580.